The number of unbranched alkanes of at least 4 members (excludes halogenated alkanes) is 1. The number of nitrogens with one attached hydrogen (secondary N) is 1. The summed E-state index contributed by atoms with van der Waals surface area (Å²) in [6.07, 6.45) is 9.53. The minimum Gasteiger partial charge on any atom is -0.463 e. The van der Waals surface area contributed by atoms with Crippen molar-refractivity contribution in [1.29, 1.82) is 0 Å². The maximum Gasteiger partial charge on any atom is 0.271 e. The Morgan fingerprint density at radius 1 is 1.25 bits per heavy atom. The molecule has 2 aliphatic rings. The number of carbonyl (C=O) groups excluding carboxylic acids is 2. The smallest absolute Gasteiger partial charge is 0.271 e. The normalized spacial score (nSPS) is 22.0. The molecule has 0 saturated heterocycles. The van der Waals surface area contributed by atoms with Crippen LogP contribution in [0.15, 0.2) is 22.8 Å². The number of amides is 2. The van der Waals surface area contributed by atoms with Crippen molar-refractivity contribution >= 4 is 22.9 Å². The fraction of sp³-hybridized carbons (Fsp3) is 0.680. The first-order chi connectivity index (χ1) is 15.5. The predicted octanol–water partition coefficient (Wildman–Crippen LogP) is 4.02. The van der Waals surface area contributed by atoms with Crippen LogP contribution in [0.1, 0.15) is 76.2 Å². The Labute approximate surface area is 191 Å². The number of fused-ring (bicyclic) bond motifs is 3. The average Bonchev–Trinajstić information content (AvgIpc) is 3.39. The molecule has 1 unspecified atom stereocenters. The number of likely N-dealkylation sites (N-methyl/N-ethyl adjacent to an activating group) is 1. The third-order valence-electron chi connectivity index (χ3n) is 7.39. The first kappa shape index (κ1) is 22.9. The van der Waals surface area contributed by atoms with Crippen molar-refractivity contribution in [3.05, 3.63) is 24.1 Å². The van der Waals surface area contributed by atoms with Gasteiger partial charge >= 0.3 is 0 Å². The van der Waals surface area contributed by atoms with E-state index in [1.807, 2.05) is 28.5 Å². The highest BCUT2D eigenvalue weighted by molar-refractivity contribution is 6.02. The van der Waals surface area contributed by atoms with Gasteiger partial charge in [-0.2, -0.15) is 0 Å². The van der Waals surface area contributed by atoms with E-state index in [0.29, 0.717) is 24.4 Å². The summed E-state index contributed by atoms with van der Waals surface area (Å²) in [7, 11) is 0. The Hall–Kier alpha value is -2.28. The summed E-state index contributed by atoms with van der Waals surface area (Å²) in [4.78, 5) is 31.5. The lowest BCUT2D eigenvalue weighted by Gasteiger charge is -2.45. The van der Waals surface area contributed by atoms with E-state index in [-0.39, 0.29) is 17.9 Å². The lowest BCUT2D eigenvalue weighted by Crippen LogP contribution is -2.65. The van der Waals surface area contributed by atoms with Gasteiger partial charge in [-0.3, -0.25) is 9.59 Å². The van der Waals surface area contributed by atoms with Crippen LogP contribution in [0.2, 0.25) is 0 Å². The fourth-order valence-electron chi connectivity index (χ4n) is 5.26. The van der Waals surface area contributed by atoms with Crippen LogP contribution in [0.25, 0.3) is 11.1 Å². The highest BCUT2D eigenvalue weighted by atomic mass is 16.3. The summed E-state index contributed by atoms with van der Waals surface area (Å²) in [5, 5.41) is 3.30. The summed E-state index contributed by atoms with van der Waals surface area (Å²) in [6.45, 7) is 9.99. The maximum atomic E-state index is 13.7. The van der Waals surface area contributed by atoms with Gasteiger partial charge in [0, 0.05) is 31.3 Å². The van der Waals surface area contributed by atoms with Crippen molar-refractivity contribution in [2.75, 3.05) is 26.2 Å². The number of rotatable bonds is 9. The number of carbonyl (C=O) groups is 2. The number of hydrogen-bond acceptors (Lipinski definition) is 4. The van der Waals surface area contributed by atoms with E-state index in [1.54, 1.807) is 6.26 Å². The van der Waals surface area contributed by atoms with Crippen LogP contribution in [-0.4, -0.2) is 63.9 Å². The van der Waals surface area contributed by atoms with E-state index in [0.717, 1.165) is 63.7 Å². The third kappa shape index (κ3) is 4.32. The second-order valence-corrected chi connectivity index (χ2v) is 9.61. The van der Waals surface area contributed by atoms with Crippen molar-refractivity contribution in [1.82, 2.24) is 19.7 Å². The van der Waals surface area contributed by atoms with E-state index in [1.165, 1.54) is 6.42 Å². The monoisotopic (exact) mass is 442 g/mol. The second kappa shape index (κ2) is 9.69. The minimum atomic E-state index is -0.936. The molecular formula is C25H38N4O3. The molecule has 7 nitrogen and oxygen atoms in total. The van der Waals surface area contributed by atoms with Gasteiger partial charge in [0.1, 0.15) is 11.2 Å². The van der Waals surface area contributed by atoms with Crippen LogP contribution in [0, 0.1) is 0 Å². The molecular weight excluding hydrogens is 404 g/mol. The summed E-state index contributed by atoms with van der Waals surface area (Å²) < 4.78 is 7.53. The Kier molecular flexibility index (Phi) is 6.93. The van der Waals surface area contributed by atoms with E-state index in [4.69, 9.17) is 4.42 Å². The molecule has 32 heavy (non-hydrogen) atoms. The van der Waals surface area contributed by atoms with Gasteiger partial charge in [-0.15, -0.1) is 0 Å². The van der Waals surface area contributed by atoms with Gasteiger partial charge in [0.2, 0.25) is 5.91 Å². The largest absolute Gasteiger partial charge is 0.463 e. The van der Waals surface area contributed by atoms with Crippen molar-refractivity contribution in [3.8, 4) is 0 Å². The lowest BCUT2D eigenvalue weighted by molar-refractivity contribution is -0.133. The van der Waals surface area contributed by atoms with Crippen LogP contribution in [-0.2, 0) is 11.3 Å². The third-order valence-corrected chi connectivity index (χ3v) is 7.39. The summed E-state index contributed by atoms with van der Waals surface area (Å²) >= 11 is 0. The Bertz CT molecular complexity index is 942. The number of aromatic nitrogens is 1. The molecule has 1 atom stereocenters. The van der Waals surface area contributed by atoms with E-state index >= 15 is 0 Å². The van der Waals surface area contributed by atoms with Gasteiger partial charge < -0.3 is 24.1 Å². The summed E-state index contributed by atoms with van der Waals surface area (Å²) in [5.41, 5.74) is 1.25. The fourth-order valence-corrected chi connectivity index (χ4v) is 5.26. The summed E-state index contributed by atoms with van der Waals surface area (Å²) in [6, 6.07) is 3.91. The molecule has 2 amide bonds. The zero-order valence-electron chi connectivity index (χ0n) is 19.9. The SMILES string of the molecule is CCCCN(CC)CCN1C(=O)c2cc3occc3n2CC1(C)C(=O)NC1CCCCC1. The quantitative estimate of drug-likeness (QED) is 0.637. The van der Waals surface area contributed by atoms with Gasteiger partial charge in [-0.1, -0.05) is 39.5 Å². The molecule has 2 aromatic rings. The highest BCUT2D eigenvalue weighted by Crippen LogP contribution is 2.33. The number of hydrogen-bond donors (Lipinski definition) is 1. The van der Waals surface area contributed by atoms with Crippen LogP contribution in [0.4, 0.5) is 0 Å². The second-order valence-electron chi connectivity index (χ2n) is 9.61. The molecule has 1 fully saturated rings. The minimum absolute atomic E-state index is 0.0367. The molecule has 0 spiro atoms. The molecule has 1 aliphatic carbocycles. The van der Waals surface area contributed by atoms with Crippen molar-refractivity contribution in [3.63, 3.8) is 0 Å². The Balaban J connectivity index is 1.61. The van der Waals surface area contributed by atoms with Gasteiger partial charge in [-0.05, 0) is 39.3 Å². The van der Waals surface area contributed by atoms with Crippen molar-refractivity contribution in [2.24, 2.45) is 0 Å². The van der Waals surface area contributed by atoms with Crippen molar-refractivity contribution < 1.29 is 14.0 Å². The first-order valence-electron chi connectivity index (χ1n) is 12.4. The van der Waals surface area contributed by atoms with Gasteiger partial charge in [0.25, 0.3) is 5.91 Å². The standard InChI is InChI=1S/C25H38N4O3/c1-4-6-13-27(5-2)14-15-29-23(30)21-17-22-20(12-16-32-22)28(21)18-25(29,3)24(31)26-19-10-8-7-9-11-19/h12,16-17,19H,4-11,13-15,18H2,1-3H3,(H,26,31). The predicted molar refractivity (Wildman–Crippen MR) is 126 cm³/mol. The zero-order chi connectivity index (χ0) is 22.7. The molecule has 3 heterocycles. The molecule has 0 bridgehead atoms. The maximum absolute atomic E-state index is 13.7. The first-order valence-corrected chi connectivity index (χ1v) is 12.4. The lowest BCUT2D eigenvalue weighted by atomic mass is 9.91. The Morgan fingerprint density at radius 3 is 2.75 bits per heavy atom. The highest BCUT2D eigenvalue weighted by Gasteiger charge is 2.48. The summed E-state index contributed by atoms with van der Waals surface area (Å²) in [5.74, 6) is -0.124. The van der Waals surface area contributed by atoms with Gasteiger partial charge in [-0.25, -0.2) is 0 Å². The number of nitrogens with zero attached hydrogens (tertiary/aromatic N) is 3. The van der Waals surface area contributed by atoms with Crippen LogP contribution in [0.3, 0.4) is 0 Å². The van der Waals surface area contributed by atoms with Crippen LogP contribution >= 0.6 is 0 Å². The van der Waals surface area contributed by atoms with E-state index in [9.17, 15) is 9.59 Å². The van der Waals surface area contributed by atoms with E-state index in [2.05, 4.69) is 24.1 Å². The van der Waals surface area contributed by atoms with Crippen LogP contribution < -0.4 is 5.32 Å². The van der Waals surface area contributed by atoms with Gasteiger partial charge in [0.15, 0.2) is 5.58 Å². The molecule has 0 radical (unpaired) electrons. The topological polar surface area (TPSA) is 70.7 Å². The van der Waals surface area contributed by atoms with Gasteiger partial charge in [0.05, 0.1) is 18.3 Å². The molecule has 2 aromatic heterocycles. The molecule has 4 rings (SSSR count). The Morgan fingerprint density at radius 2 is 2.03 bits per heavy atom. The van der Waals surface area contributed by atoms with Crippen molar-refractivity contribution in [2.45, 2.75) is 83.8 Å². The van der Waals surface area contributed by atoms with E-state index < -0.39 is 5.54 Å². The average molecular weight is 443 g/mol. The molecule has 1 aliphatic heterocycles. The number of furan rings is 1. The molecule has 176 valence electrons. The zero-order valence-corrected chi connectivity index (χ0v) is 19.9. The molecule has 0 aromatic carbocycles. The molecule has 1 saturated carbocycles. The molecule has 1 N–H and O–H groups in total. The van der Waals surface area contributed by atoms with Crippen LogP contribution in [0.5, 0.6) is 0 Å². The molecule has 7 heteroatoms.